The first kappa shape index (κ1) is 23.2. The molecular formula is C21H25NO7S. The van der Waals surface area contributed by atoms with Gasteiger partial charge < -0.3 is 19.5 Å². The summed E-state index contributed by atoms with van der Waals surface area (Å²) in [7, 11) is -3.59. The smallest absolute Gasteiger partial charge is 0.339 e. The minimum atomic E-state index is -3.59. The average molecular weight is 435 g/mol. The predicted molar refractivity (Wildman–Crippen MR) is 111 cm³/mol. The Hall–Kier alpha value is -3.07. The first-order valence-corrected chi connectivity index (χ1v) is 11.1. The first-order chi connectivity index (χ1) is 14.4. The summed E-state index contributed by atoms with van der Waals surface area (Å²) in [5, 5.41) is 2.56. The molecule has 0 aliphatic carbocycles. The monoisotopic (exact) mass is 435 g/mol. The molecule has 0 bridgehead atoms. The van der Waals surface area contributed by atoms with E-state index in [0.717, 1.165) is 5.75 Å². The summed E-state index contributed by atoms with van der Waals surface area (Å²) in [5.41, 5.74) is -0.0917. The Labute approximate surface area is 176 Å². The summed E-state index contributed by atoms with van der Waals surface area (Å²) in [4.78, 5) is 24.0. The number of sulfone groups is 1. The van der Waals surface area contributed by atoms with Gasteiger partial charge in [0.15, 0.2) is 16.4 Å². The Morgan fingerprint density at radius 1 is 0.933 bits per heavy atom. The molecule has 2 rings (SSSR count). The number of carbonyl (C=O) groups is 2. The van der Waals surface area contributed by atoms with Crippen LogP contribution in [0.5, 0.6) is 11.5 Å². The van der Waals surface area contributed by atoms with Crippen LogP contribution < -0.4 is 14.8 Å². The summed E-state index contributed by atoms with van der Waals surface area (Å²) in [6, 6.07) is 12.8. The van der Waals surface area contributed by atoms with Crippen LogP contribution in [0.2, 0.25) is 0 Å². The van der Waals surface area contributed by atoms with E-state index in [1.165, 1.54) is 31.2 Å². The molecule has 0 heterocycles. The van der Waals surface area contributed by atoms with Crippen molar-refractivity contribution < 1.29 is 32.2 Å². The SMILES string of the molecule is CCOc1ccc(OCCNC(=O)COC(=O)c2ccccc2S(=O)(=O)CC)cc1. The molecule has 30 heavy (non-hydrogen) atoms. The number of benzene rings is 2. The highest BCUT2D eigenvalue weighted by molar-refractivity contribution is 7.91. The highest BCUT2D eigenvalue weighted by Gasteiger charge is 2.22. The summed E-state index contributed by atoms with van der Waals surface area (Å²) in [5.74, 6) is -0.161. The van der Waals surface area contributed by atoms with Crippen LogP contribution in [0.1, 0.15) is 24.2 Å². The molecule has 0 radical (unpaired) electrons. The third kappa shape index (κ3) is 6.77. The van der Waals surface area contributed by atoms with Crippen molar-refractivity contribution in [2.45, 2.75) is 18.7 Å². The molecule has 0 unspecified atom stereocenters. The van der Waals surface area contributed by atoms with E-state index >= 15 is 0 Å². The molecule has 2 aromatic rings. The van der Waals surface area contributed by atoms with Gasteiger partial charge in [-0.1, -0.05) is 19.1 Å². The minimum absolute atomic E-state index is 0.0917. The van der Waals surface area contributed by atoms with Crippen molar-refractivity contribution in [2.75, 3.05) is 32.1 Å². The van der Waals surface area contributed by atoms with E-state index in [4.69, 9.17) is 14.2 Å². The molecule has 1 N–H and O–H groups in total. The molecule has 1 amide bonds. The molecule has 0 atom stereocenters. The summed E-state index contributed by atoms with van der Waals surface area (Å²) in [6.07, 6.45) is 0. The molecular weight excluding hydrogens is 410 g/mol. The van der Waals surface area contributed by atoms with Gasteiger partial charge in [-0.25, -0.2) is 13.2 Å². The second-order valence-corrected chi connectivity index (χ2v) is 8.33. The Morgan fingerprint density at radius 2 is 1.57 bits per heavy atom. The van der Waals surface area contributed by atoms with Crippen LogP contribution in [0.15, 0.2) is 53.4 Å². The van der Waals surface area contributed by atoms with Crippen molar-refractivity contribution in [1.82, 2.24) is 5.32 Å². The highest BCUT2D eigenvalue weighted by Crippen LogP contribution is 2.18. The zero-order valence-corrected chi connectivity index (χ0v) is 17.7. The first-order valence-electron chi connectivity index (χ1n) is 9.48. The Balaban J connectivity index is 1.77. The maximum Gasteiger partial charge on any atom is 0.339 e. The predicted octanol–water partition coefficient (Wildman–Crippen LogP) is 2.23. The van der Waals surface area contributed by atoms with Gasteiger partial charge in [-0.3, -0.25) is 4.79 Å². The molecule has 0 aliphatic rings. The van der Waals surface area contributed by atoms with Crippen LogP contribution in [-0.2, 0) is 19.4 Å². The van der Waals surface area contributed by atoms with Gasteiger partial charge in [-0.05, 0) is 43.3 Å². The molecule has 162 valence electrons. The summed E-state index contributed by atoms with van der Waals surface area (Å²) in [6.45, 7) is 3.88. The van der Waals surface area contributed by atoms with Gasteiger partial charge in [0.05, 0.1) is 29.4 Å². The quantitative estimate of drug-likeness (QED) is 0.426. The lowest BCUT2D eigenvalue weighted by atomic mass is 10.2. The number of esters is 1. The highest BCUT2D eigenvalue weighted by atomic mass is 32.2. The molecule has 2 aromatic carbocycles. The second-order valence-electron chi connectivity index (χ2n) is 6.08. The van der Waals surface area contributed by atoms with E-state index in [1.54, 1.807) is 24.3 Å². The van der Waals surface area contributed by atoms with E-state index in [0.29, 0.717) is 12.4 Å². The van der Waals surface area contributed by atoms with Crippen LogP contribution in [0, 0.1) is 0 Å². The minimum Gasteiger partial charge on any atom is -0.494 e. The molecule has 8 nitrogen and oxygen atoms in total. The maximum absolute atomic E-state index is 12.2. The fraction of sp³-hybridized carbons (Fsp3) is 0.333. The number of nitrogens with one attached hydrogen (secondary N) is 1. The number of rotatable bonds is 11. The number of hydrogen-bond acceptors (Lipinski definition) is 7. The molecule has 0 fully saturated rings. The van der Waals surface area contributed by atoms with Gasteiger partial charge in [0, 0.05) is 0 Å². The van der Waals surface area contributed by atoms with Crippen molar-refractivity contribution in [2.24, 2.45) is 0 Å². The fourth-order valence-corrected chi connectivity index (χ4v) is 3.56. The van der Waals surface area contributed by atoms with E-state index in [1.807, 2.05) is 6.92 Å². The average Bonchev–Trinajstić information content (AvgIpc) is 2.76. The van der Waals surface area contributed by atoms with Crippen molar-refractivity contribution in [3.8, 4) is 11.5 Å². The van der Waals surface area contributed by atoms with Gasteiger partial charge >= 0.3 is 5.97 Å². The van der Waals surface area contributed by atoms with Crippen molar-refractivity contribution >= 4 is 21.7 Å². The number of carbonyl (C=O) groups excluding carboxylic acids is 2. The molecule has 0 aliphatic heterocycles. The Bertz CT molecular complexity index is 956. The largest absolute Gasteiger partial charge is 0.494 e. The lowest BCUT2D eigenvalue weighted by Gasteiger charge is -2.10. The van der Waals surface area contributed by atoms with E-state index in [-0.39, 0.29) is 29.4 Å². The van der Waals surface area contributed by atoms with Crippen molar-refractivity contribution in [3.05, 3.63) is 54.1 Å². The molecule has 0 spiro atoms. The molecule has 0 saturated carbocycles. The third-order valence-electron chi connectivity index (χ3n) is 3.98. The van der Waals surface area contributed by atoms with Gasteiger partial charge in [0.25, 0.3) is 5.91 Å². The fourth-order valence-electron chi connectivity index (χ4n) is 2.48. The summed E-state index contributed by atoms with van der Waals surface area (Å²) < 4.78 is 40.0. The van der Waals surface area contributed by atoms with Gasteiger partial charge in [-0.15, -0.1) is 0 Å². The zero-order valence-electron chi connectivity index (χ0n) is 16.9. The second kappa shape index (κ2) is 11.2. The number of amides is 1. The van der Waals surface area contributed by atoms with Crippen LogP contribution in [0.3, 0.4) is 0 Å². The van der Waals surface area contributed by atoms with Crippen LogP contribution in [0.4, 0.5) is 0 Å². The topological polar surface area (TPSA) is 108 Å². The van der Waals surface area contributed by atoms with Gasteiger partial charge in [0.2, 0.25) is 0 Å². The number of hydrogen-bond donors (Lipinski definition) is 1. The van der Waals surface area contributed by atoms with Gasteiger partial charge in [0.1, 0.15) is 18.1 Å². The number of ether oxygens (including phenoxy) is 3. The third-order valence-corrected chi connectivity index (χ3v) is 5.77. The summed E-state index contributed by atoms with van der Waals surface area (Å²) >= 11 is 0. The standard InChI is InChI=1S/C21H25NO7S/c1-3-27-16-9-11-17(12-10-16)28-14-13-22-20(23)15-29-21(24)18-7-5-6-8-19(18)30(25,26)4-2/h5-12H,3-4,13-15H2,1-2H3,(H,22,23). The van der Waals surface area contributed by atoms with Crippen LogP contribution in [0.25, 0.3) is 0 Å². The Kier molecular flexibility index (Phi) is 8.67. The van der Waals surface area contributed by atoms with Gasteiger partial charge in [-0.2, -0.15) is 0 Å². The van der Waals surface area contributed by atoms with E-state index < -0.39 is 28.3 Å². The lowest BCUT2D eigenvalue weighted by Crippen LogP contribution is -2.32. The molecule has 9 heteroatoms. The van der Waals surface area contributed by atoms with Crippen molar-refractivity contribution in [3.63, 3.8) is 0 Å². The maximum atomic E-state index is 12.2. The molecule has 0 aromatic heterocycles. The van der Waals surface area contributed by atoms with Crippen molar-refractivity contribution in [1.29, 1.82) is 0 Å². The Morgan fingerprint density at radius 3 is 2.20 bits per heavy atom. The van der Waals surface area contributed by atoms with Crippen LogP contribution >= 0.6 is 0 Å². The zero-order chi connectivity index (χ0) is 22.0. The van der Waals surface area contributed by atoms with E-state index in [2.05, 4.69) is 5.32 Å². The normalized spacial score (nSPS) is 10.9. The molecule has 0 saturated heterocycles. The van der Waals surface area contributed by atoms with E-state index in [9.17, 15) is 18.0 Å². The lowest BCUT2D eigenvalue weighted by molar-refractivity contribution is -0.124. The van der Waals surface area contributed by atoms with Crippen LogP contribution in [-0.4, -0.2) is 52.4 Å².